The van der Waals surface area contributed by atoms with Crippen LogP contribution in [0.1, 0.15) is 25.8 Å². The maximum atomic E-state index is 12.9. The van der Waals surface area contributed by atoms with Crippen LogP contribution in [0.2, 0.25) is 5.02 Å². The number of rotatable bonds is 9. The summed E-state index contributed by atoms with van der Waals surface area (Å²) in [7, 11) is 1.60. The minimum absolute atomic E-state index is 0.148. The normalized spacial score (nSPS) is 12.6. The molecule has 1 heterocycles. The molecule has 0 spiro atoms. The molecule has 4 rings (SSSR count). The summed E-state index contributed by atoms with van der Waals surface area (Å²) >= 11 is 7.60. The molecule has 7 nitrogen and oxygen atoms in total. The summed E-state index contributed by atoms with van der Waals surface area (Å²) in [5.74, 6) is 1.74. The van der Waals surface area contributed by atoms with Crippen molar-refractivity contribution in [3.63, 3.8) is 0 Å². The van der Waals surface area contributed by atoms with Gasteiger partial charge in [-0.05, 0) is 62.4 Å². The predicted molar refractivity (Wildman–Crippen MR) is 139 cm³/mol. The molecule has 0 aliphatic carbocycles. The van der Waals surface area contributed by atoms with Gasteiger partial charge in [-0.25, -0.2) is 0 Å². The molecule has 2 atom stereocenters. The summed E-state index contributed by atoms with van der Waals surface area (Å²) in [4.78, 5) is 12.9. The molecule has 180 valence electrons. The van der Waals surface area contributed by atoms with Gasteiger partial charge in [-0.2, -0.15) is 0 Å². The van der Waals surface area contributed by atoms with Crippen LogP contribution in [0.4, 0.5) is 5.69 Å². The minimum atomic E-state index is -0.444. The Morgan fingerprint density at radius 3 is 2.34 bits per heavy atom. The first kappa shape index (κ1) is 24.6. The average molecular weight is 509 g/mol. The highest BCUT2D eigenvalue weighted by molar-refractivity contribution is 8.00. The lowest BCUT2D eigenvalue weighted by molar-refractivity contribution is -0.115. The van der Waals surface area contributed by atoms with Crippen LogP contribution in [0, 0.1) is 0 Å². The number of para-hydroxylation sites is 2. The second-order valence-corrected chi connectivity index (χ2v) is 9.40. The van der Waals surface area contributed by atoms with Crippen molar-refractivity contribution >= 4 is 35.0 Å². The molecule has 9 heteroatoms. The molecule has 0 bridgehead atoms. The van der Waals surface area contributed by atoms with E-state index < -0.39 is 11.4 Å². The first-order valence-electron chi connectivity index (χ1n) is 11.0. The van der Waals surface area contributed by atoms with Crippen molar-refractivity contribution in [2.45, 2.75) is 30.4 Å². The summed E-state index contributed by atoms with van der Waals surface area (Å²) in [6.07, 6.45) is -0.444. The summed E-state index contributed by atoms with van der Waals surface area (Å²) in [5.41, 5.74) is 1.56. The molecule has 1 amide bonds. The zero-order valence-electron chi connectivity index (χ0n) is 19.5. The van der Waals surface area contributed by atoms with Crippen LogP contribution < -0.4 is 14.8 Å². The van der Waals surface area contributed by atoms with Crippen LogP contribution in [-0.4, -0.2) is 33.0 Å². The lowest BCUT2D eigenvalue weighted by Crippen LogP contribution is -2.23. The van der Waals surface area contributed by atoms with Crippen molar-refractivity contribution in [2.24, 2.45) is 0 Å². The first-order valence-corrected chi connectivity index (χ1v) is 12.3. The van der Waals surface area contributed by atoms with E-state index in [1.807, 2.05) is 66.9 Å². The van der Waals surface area contributed by atoms with Gasteiger partial charge in [0.25, 0.3) is 0 Å². The molecular formula is C26H25ClN4O3S. The molecule has 4 aromatic rings. The SMILES string of the molecule is COc1ccc(NC(=O)C(C)Sc2nnc(C(C)Oc3ccccc3Cl)n2-c2ccccc2)cc1. The van der Waals surface area contributed by atoms with Crippen LogP contribution in [0.5, 0.6) is 11.5 Å². The number of benzene rings is 3. The van der Waals surface area contributed by atoms with E-state index in [-0.39, 0.29) is 5.91 Å². The van der Waals surface area contributed by atoms with Crippen molar-refractivity contribution in [3.05, 3.63) is 89.7 Å². The van der Waals surface area contributed by atoms with E-state index in [1.165, 1.54) is 11.8 Å². The third kappa shape index (κ3) is 5.96. The lowest BCUT2D eigenvalue weighted by atomic mass is 10.3. The number of thioether (sulfide) groups is 1. The van der Waals surface area contributed by atoms with E-state index in [4.69, 9.17) is 21.1 Å². The van der Waals surface area contributed by atoms with Crippen LogP contribution in [0.3, 0.4) is 0 Å². The maximum absolute atomic E-state index is 12.9. The second-order valence-electron chi connectivity index (χ2n) is 7.68. The number of aromatic nitrogens is 3. The van der Waals surface area contributed by atoms with Crippen molar-refractivity contribution in [1.29, 1.82) is 0 Å². The Hall–Kier alpha value is -3.49. The van der Waals surface area contributed by atoms with Gasteiger partial charge in [0, 0.05) is 11.4 Å². The molecule has 2 unspecified atom stereocenters. The number of carbonyl (C=O) groups excluding carboxylic acids is 1. The molecule has 35 heavy (non-hydrogen) atoms. The number of ether oxygens (including phenoxy) is 2. The van der Waals surface area contributed by atoms with Gasteiger partial charge >= 0.3 is 0 Å². The average Bonchev–Trinajstić information content (AvgIpc) is 3.30. The van der Waals surface area contributed by atoms with E-state index in [1.54, 1.807) is 37.4 Å². The minimum Gasteiger partial charge on any atom is -0.497 e. The van der Waals surface area contributed by atoms with Gasteiger partial charge in [-0.3, -0.25) is 9.36 Å². The number of hydrogen-bond donors (Lipinski definition) is 1. The quantitative estimate of drug-likeness (QED) is 0.272. The Kier molecular flexibility index (Phi) is 7.94. The van der Waals surface area contributed by atoms with Crippen LogP contribution in [0.15, 0.2) is 84.0 Å². The highest BCUT2D eigenvalue weighted by atomic mass is 35.5. The van der Waals surface area contributed by atoms with Crippen molar-refractivity contribution < 1.29 is 14.3 Å². The molecular weight excluding hydrogens is 484 g/mol. The molecule has 1 N–H and O–H groups in total. The molecule has 0 radical (unpaired) electrons. The largest absolute Gasteiger partial charge is 0.497 e. The van der Waals surface area contributed by atoms with E-state index >= 15 is 0 Å². The number of amides is 1. The van der Waals surface area contributed by atoms with E-state index in [2.05, 4.69) is 15.5 Å². The number of nitrogens with zero attached hydrogens (tertiary/aromatic N) is 3. The van der Waals surface area contributed by atoms with Gasteiger partial charge in [-0.15, -0.1) is 10.2 Å². The highest BCUT2D eigenvalue weighted by Crippen LogP contribution is 2.32. The van der Waals surface area contributed by atoms with Gasteiger partial charge in [-0.1, -0.05) is 53.7 Å². The fourth-order valence-corrected chi connectivity index (χ4v) is 4.41. The Balaban J connectivity index is 1.56. The number of halogens is 1. The Morgan fingerprint density at radius 2 is 1.66 bits per heavy atom. The van der Waals surface area contributed by atoms with E-state index in [9.17, 15) is 4.79 Å². The second kappa shape index (κ2) is 11.3. The lowest BCUT2D eigenvalue weighted by Gasteiger charge is -2.18. The fraction of sp³-hybridized carbons (Fsp3) is 0.192. The van der Waals surface area contributed by atoms with Crippen LogP contribution in [0.25, 0.3) is 5.69 Å². The zero-order chi connectivity index (χ0) is 24.8. The van der Waals surface area contributed by atoms with Crippen LogP contribution in [-0.2, 0) is 4.79 Å². The predicted octanol–water partition coefficient (Wildman–Crippen LogP) is 6.19. The van der Waals surface area contributed by atoms with Crippen molar-refractivity contribution in [1.82, 2.24) is 14.8 Å². The molecule has 3 aromatic carbocycles. The van der Waals surface area contributed by atoms with Crippen molar-refractivity contribution in [3.8, 4) is 17.2 Å². The monoisotopic (exact) mass is 508 g/mol. The Morgan fingerprint density at radius 1 is 0.971 bits per heavy atom. The highest BCUT2D eigenvalue weighted by Gasteiger charge is 2.25. The summed E-state index contributed by atoms with van der Waals surface area (Å²) in [5, 5.41) is 12.4. The van der Waals surface area contributed by atoms with E-state index in [0.717, 1.165) is 11.4 Å². The molecule has 1 aromatic heterocycles. The number of anilines is 1. The third-order valence-corrected chi connectivity index (χ3v) is 6.54. The number of carbonyl (C=O) groups is 1. The molecule has 0 saturated heterocycles. The van der Waals surface area contributed by atoms with Gasteiger partial charge in [0.2, 0.25) is 5.91 Å². The van der Waals surface area contributed by atoms with Crippen molar-refractivity contribution in [2.75, 3.05) is 12.4 Å². The Labute approximate surface area is 213 Å². The first-order chi connectivity index (χ1) is 17.0. The van der Waals surface area contributed by atoms with Gasteiger partial charge in [0.1, 0.15) is 11.5 Å². The summed E-state index contributed by atoms with van der Waals surface area (Å²) < 4.78 is 13.2. The summed E-state index contributed by atoms with van der Waals surface area (Å²) in [6, 6.07) is 24.2. The number of hydrogen-bond acceptors (Lipinski definition) is 6. The fourth-order valence-electron chi connectivity index (χ4n) is 3.35. The van der Waals surface area contributed by atoms with E-state index in [0.29, 0.717) is 27.4 Å². The van der Waals surface area contributed by atoms with Gasteiger partial charge in [0.05, 0.1) is 17.4 Å². The molecule has 0 saturated carbocycles. The standard InChI is InChI=1S/C26H25ClN4O3S/c1-17(34-23-12-8-7-11-22(23)27)24-29-30-26(31(24)20-9-5-4-6-10-20)35-18(2)25(32)28-19-13-15-21(33-3)16-14-19/h4-18H,1-3H3,(H,28,32). The van der Waals surface area contributed by atoms with Gasteiger partial charge < -0.3 is 14.8 Å². The van der Waals surface area contributed by atoms with Gasteiger partial charge in [0.15, 0.2) is 17.1 Å². The molecule has 0 aliphatic rings. The Bertz CT molecular complexity index is 1280. The number of nitrogens with one attached hydrogen (secondary N) is 1. The van der Waals surface area contributed by atoms with Crippen LogP contribution >= 0.6 is 23.4 Å². The smallest absolute Gasteiger partial charge is 0.237 e. The zero-order valence-corrected chi connectivity index (χ0v) is 21.1. The summed E-state index contributed by atoms with van der Waals surface area (Å²) in [6.45, 7) is 3.72. The molecule has 0 fully saturated rings. The third-order valence-electron chi connectivity index (χ3n) is 5.19. The molecule has 0 aliphatic heterocycles. The maximum Gasteiger partial charge on any atom is 0.237 e. The topological polar surface area (TPSA) is 78.3 Å². The number of methoxy groups -OCH3 is 1.